The van der Waals surface area contributed by atoms with E-state index in [1.165, 1.54) is 11.1 Å². The summed E-state index contributed by atoms with van der Waals surface area (Å²) in [5, 5.41) is 29.8. The molecule has 0 aliphatic rings. The van der Waals surface area contributed by atoms with Gasteiger partial charge in [0.1, 0.15) is 29.7 Å². The highest BCUT2D eigenvalue weighted by molar-refractivity contribution is 5.97. The maximum atomic E-state index is 12.1. The number of carbonyl (C=O) groups is 1. The predicted molar refractivity (Wildman–Crippen MR) is 90.9 cm³/mol. The molecule has 8 nitrogen and oxygen atoms in total. The molecule has 0 bridgehead atoms. The van der Waals surface area contributed by atoms with Crippen molar-refractivity contribution in [2.45, 2.75) is 0 Å². The van der Waals surface area contributed by atoms with Gasteiger partial charge in [-0.25, -0.2) is 0 Å². The third kappa shape index (κ3) is 7.12. The number of benzene rings is 1. The van der Waals surface area contributed by atoms with Crippen LogP contribution in [0.15, 0.2) is 36.0 Å². The largest absolute Gasteiger partial charge is 0.497 e. The molecular formula is C17H23N3O5. The van der Waals surface area contributed by atoms with Gasteiger partial charge in [0.05, 0.1) is 20.3 Å². The lowest BCUT2D eigenvalue weighted by Crippen LogP contribution is -2.37. The van der Waals surface area contributed by atoms with Crippen molar-refractivity contribution in [1.29, 1.82) is 5.26 Å². The van der Waals surface area contributed by atoms with Crippen molar-refractivity contribution in [3.8, 4) is 17.6 Å². The summed E-state index contributed by atoms with van der Waals surface area (Å²) in [7, 11) is 1.59. The van der Waals surface area contributed by atoms with Crippen LogP contribution in [0.1, 0.15) is 0 Å². The van der Waals surface area contributed by atoms with Crippen LogP contribution in [-0.4, -0.2) is 67.6 Å². The lowest BCUT2D eigenvalue weighted by molar-refractivity contribution is -0.127. The van der Waals surface area contributed by atoms with Crippen LogP contribution < -0.4 is 14.8 Å². The SMILES string of the molecule is COc1ccc(OCCN/C=C(/C#N)C(=O)N(CCO)CCO)cc1. The van der Waals surface area contributed by atoms with Crippen molar-refractivity contribution in [2.24, 2.45) is 0 Å². The lowest BCUT2D eigenvalue weighted by Gasteiger charge is -2.20. The summed E-state index contributed by atoms with van der Waals surface area (Å²) in [5.41, 5.74) is -0.105. The van der Waals surface area contributed by atoms with Crippen molar-refractivity contribution in [1.82, 2.24) is 10.2 Å². The molecule has 0 aliphatic carbocycles. The fraction of sp³-hybridized carbons (Fsp3) is 0.412. The van der Waals surface area contributed by atoms with E-state index in [2.05, 4.69) is 5.32 Å². The second-order valence-corrected chi connectivity index (χ2v) is 4.89. The summed E-state index contributed by atoms with van der Waals surface area (Å²) in [6.45, 7) is 0.357. The van der Waals surface area contributed by atoms with Gasteiger partial charge in [-0.15, -0.1) is 0 Å². The Morgan fingerprint density at radius 2 is 1.84 bits per heavy atom. The molecule has 136 valence electrons. The second-order valence-electron chi connectivity index (χ2n) is 4.89. The average molecular weight is 349 g/mol. The van der Waals surface area contributed by atoms with Crippen LogP contribution in [0.5, 0.6) is 11.5 Å². The minimum Gasteiger partial charge on any atom is -0.497 e. The molecule has 0 atom stereocenters. The number of aliphatic hydroxyl groups is 2. The third-order valence-electron chi connectivity index (χ3n) is 3.20. The smallest absolute Gasteiger partial charge is 0.266 e. The van der Waals surface area contributed by atoms with Gasteiger partial charge in [0.15, 0.2) is 0 Å². The zero-order chi connectivity index (χ0) is 18.5. The van der Waals surface area contributed by atoms with Gasteiger partial charge in [0.2, 0.25) is 0 Å². The van der Waals surface area contributed by atoms with Gasteiger partial charge in [-0.1, -0.05) is 0 Å². The standard InChI is InChI=1S/C17H23N3O5/c1-24-15-2-4-16(5-3-15)25-11-6-19-13-14(12-18)17(23)20(7-9-21)8-10-22/h2-5,13,19,21-22H,6-11H2,1H3/b14-13-. The fourth-order valence-corrected chi connectivity index (χ4v) is 1.94. The number of amides is 1. The first-order valence-electron chi connectivity index (χ1n) is 7.77. The van der Waals surface area contributed by atoms with Crippen molar-refractivity contribution in [3.63, 3.8) is 0 Å². The monoisotopic (exact) mass is 349 g/mol. The molecule has 0 saturated carbocycles. The Balaban J connectivity index is 2.45. The quantitative estimate of drug-likeness (QED) is 0.290. The number of ether oxygens (including phenoxy) is 2. The Kier molecular flexibility index (Phi) is 9.51. The molecule has 0 spiro atoms. The maximum Gasteiger partial charge on any atom is 0.266 e. The van der Waals surface area contributed by atoms with E-state index >= 15 is 0 Å². The molecule has 8 heteroatoms. The van der Waals surface area contributed by atoms with E-state index in [0.29, 0.717) is 18.9 Å². The van der Waals surface area contributed by atoms with Crippen LogP contribution in [0, 0.1) is 11.3 Å². The molecule has 0 fully saturated rings. The number of aliphatic hydroxyl groups excluding tert-OH is 2. The fourth-order valence-electron chi connectivity index (χ4n) is 1.94. The summed E-state index contributed by atoms with van der Waals surface area (Å²) in [5.74, 6) is 0.871. The van der Waals surface area contributed by atoms with E-state index < -0.39 is 5.91 Å². The first-order chi connectivity index (χ1) is 12.2. The molecule has 25 heavy (non-hydrogen) atoms. The van der Waals surface area contributed by atoms with Crippen LogP contribution in [0.2, 0.25) is 0 Å². The Bertz CT molecular complexity index is 589. The van der Waals surface area contributed by atoms with E-state index in [-0.39, 0.29) is 31.9 Å². The highest BCUT2D eigenvalue weighted by atomic mass is 16.5. The van der Waals surface area contributed by atoms with Crippen molar-refractivity contribution < 1.29 is 24.5 Å². The Hall–Kier alpha value is -2.76. The number of hydrogen-bond acceptors (Lipinski definition) is 7. The molecule has 0 aliphatic heterocycles. The van der Waals surface area contributed by atoms with Crippen LogP contribution in [0.25, 0.3) is 0 Å². The Morgan fingerprint density at radius 3 is 2.36 bits per heavy atom. The van der Waals surface area contributed by atoms with Gasteiger partial charge in [0, 0.05) is 25.8 Å². The second kappa shape index (κ2) is 11.7. The molecule has 3 N–H and O–H groups in total. The Morgan fingerprint density at radius 1 is 1.24 bits per heavy atom. The summed E-state index contributed by atoms with van der Waals surface area (Å²) < 4.78 is 10.6. The van der Waals surface area contributed by atoms with Gasteiger partial charge < -0.3 is 29.9 Å². The summed E-state index contributed by atoms with van der Waals surface area (Å²) in [6, 6.07) is 8.93. The number of nitrogens with zero attached hydrogens (tertiary/aromatic N) is 2. The predicted octanol–water partition coefficient (Wildman–Crippen LogP) is -0.116. The van der Waals surface area contributed by atoms with Gasteiger partial charge >= 0.3 is 0 Å². The summed E-state index contributed by atoms with van der Waals surface area (Å²) >= 11 is 0. The van der Waals surface area contributed by atoms with Gasteiger partial charge in [0.25, 0.3) is 5.91 Å². The normalized spacial score (nSPS) is 10.7. The van der Waals surface area contributed by atoms with Gasteiger partial charge in [-0.2, -0.15) is 5.26 Å². The van der Waals surface area contributed by atoms with Crippen molar-refractivity contribution >= 4 is 5.91 Å². The summed E-state index contributed by atoms with van der Waals surface area (Å²) in [6.07, 6.45) is 1.31. The highest BCUT2D eigenvalue weighted by Gasteiger charge is 2.17. The number of nitrogens with one attached hydrogen (secondary N) is 1. The zero-order valence-electron chi connectivity index (χ0n) is 14.1. The van der Waals surface area contributed by atoms with E-state index in [1.807, 2.05) is 6.07 Å². The van der Waals surface area contributed by atoms with Gasteiger partial charge in [-0.3, -0.25) is 4.79 Å². The number of methoxy groups -OCH3 is 1. The van der Waals surface area contributed by atoms with E-state index in [1.54, 1.807) is 31.4 Å². The molecule has 0 aromatic heterocycles. The first-order valence-corrected chi connectivity index (χ1v) is 7.77. The molecule has 1 rings (SSSR count). The van der Waals surface area contributed by atoms with E-state index in [9.17, 15) is 4.79 Å². The topological polar surface area (TPSA) is 115 Å². The van der Waals surface area contributed by atoms with Crippen LogP contribution in [0.4, 0.5) is 0 Å². The maximum absolute atomic E-state index is 12.1. The third-order valence-corrected chi connectivity index (χ3v) is 3.20. The number of carbonyl (C=O) groups excluding carboxylic acids is 1. The average Bonchev–Trinajstić information content (AvgIpc) is 2.64. The first kappa shape index (κ1) is 20.3. The molecule has 1 amide bonds. The minimum atomic E-state index is -0.547. The van der Waals surface area contributed by atoms with Crippen molar-refractivity contribution in [3.05, 3.63) is 36.0 Å². The number of hydrogen-bond donors (Lipinski definition) is 3. The zero-order valence-corrected chi connectivity index (χ0v) is 14.1. The van der Waals surface area contributed by atoms with E-state index in [0.717, 1.165) is 5.75 Å². The van der Waals surface area contributed by atoms with Crippen LogP contribution >= 0.6 is 0 Å². The number of rotatable bonds is 11. The van der Waals surface area contributed by atoms with Gasteiger partial charge in [-0.05, 0) is 24.3 Å². The lowest BCUT2D eigenvalue weighted by atomic mass is 10.2. The molecule has 1 aromatic rings. The van der Waals surface area contributed by atoms with Crippen LogP contribution in [-0.2, 0) is 4.79 Å². The number of nitriles is 1. The molecule has 1 aromatic carbocycles. The molecule has 0 saturated heterocycles. The van der Waals surface area contributed by atoms with E-state index in [4.69, 9.17) is 24.9 Å². The molecule has 0 unspecified atom stereocenters. The molecule has 0 heterocycles. The highest BCUT2D eigenvalue weighted by Crippen LogP contribution is 2.16. The summed E-state index contributed by atoms with van der Waals surface area (Å²) in [4.78, 5) is 13.3. The Labute approximate surface area is 146 Å². The van der Waals surface area contributed by atoms with Crippen molar-refractivity contribution in [2.75, 3.05) is 46.6 Å². The molecule has 0 radical (unpaired) electrons. The minimum absolute atomic E-state index is 0.0546. The van der Waals surface area contributed by atoms with Crippen LogP contribution in [0.3, 0.4) is 0 Å². The molecular weight excluding hydrogens is 326 g/mol.